The van der Waals surface area contributed by atoms with Crippen LogP contribution < -0.4 is 5.32 Å². The molecule has 1 atom stereocenters. The van der Waals surface area contributed by atoms with Crippen LogP contribution in [0.3, 0.4) is 0 Å². The predicted octanol–water partition coefficient (Wildman–Crippen LogP) is 4.42. The highest BCUT2D eigenvalue weighted by atomic mass is 32.1. The molecule has 0 aliphatic carbocycles. The summed E-state index contributed by atoms with van der Waals surface area (Å²) in [5, 5.41) is 4.09. The molecule has 2 aromatic rings. The van der Waals surface area contributed by atoms with E-state index in [0.29, 0.717) is 16.4 Å². The number of ketones is 1. The summed E-state index contributed by atoms with van der Waals surface area (Å²) in [6.45, 7) is 5.11. The average Bonchev–Trinajstić information content (AvgIpc) is 3.22. The monoisotopic (exact) mass is 328 g/mol. The van der Waals surface area contributed by atoms with Crippen LogP contribution in [-0.2, 0) is 4.74 Å². The second-order valence-corrected chi connectivity index (χ2v) is 6.93. The Morgan fingerprint density at radius 2 is 2.17 bits per heavy atom. The highest BCUT2D eigenvalue weighted by Gasteiger charge is 2.27. The number of hydrogen-bond donors (Lipinski definition) is 1. The molecule has 2 heterocycles. The van der Waals surface area contributed by atoms with E-state index in [1.54, 1.807) is 6.26 Å². The van der Waals surface area contributed by atoms with Crippen molar-refractivity contribution in [2.24, 2.45) is 5.92 Å². The van der Waals surface area contributed by atoms with Gasteiger partial charge in [-0.2, -0.15) is 0 Å². The third kappa shape index (κ3) is 3.62. The van der Waals surface area contributed by atoms with Crippen molar-refractivity contribution in [2.45, 2.75) is 26.4 Å². The summed E-state index contributed by atoms with van der Waals surface area (Å²) in [4.78, 5) is 18.1. The molecule has 120 valence electrons. The van der Waals surface area contributed by atoms with Crippen LogP contribution in [0, 0.1) is 5.92 Å². The van der Waals surface area contributed by atoms with Crippen molar-refractivity contribution in [2.75, 3.05) is 11.9 Å². The standard InChI is InChI=1S/C18H20N2O2S/c1-12(2)11-19-18-20-15(14-9-6-10-22-14)17(23-18)16(21)13-7-4-3-5-8-13/h3-8,10,12,14H,9,11H2,1-2H3,(H,19,20). The van der Waals surface area contributed by atoms with Crippen LogP contribution in [0.25, 0.3) is 0 Å². The minimum atomic E-state index is -0.163. The van der Waals surface area contributed by atoms with Gasteiger partial charge in [0.15, 0.2) is 5.13 Å². The zero-order chi connectivity index (χ0) is 16.2. The van der Waals surface area contributed by atoms with Gasteiger partial charge in [-0.25, -0.2) is 4.98 Å². The van der Waals surface area contributed by atoms with Crippen LogP contribution in [0.4, 0.5) is 5.13 Å². The van der Waals surface area contributed by atoms with E-state index < -0.39 is 0 Å². The molecular weight excluding hydrogens is 308 g/mol. The van der Waals surface area contributed by atoms with E-state index in [0.717, 1.165) is 23.8 Å². The molecule has 0 saturated heterocycles. The van der Waals surface area contributed by atoms with Gasteiger partial charge < -0.3 is 10.1 Å². The Morgan fingerprint density at radius 3 is 2.83 bits per heavy atom. The van der Waals surface area contributed by atoms with Crippen LogP contribution in [0.5, 0.6) is 0 Å². The second kappa shape index (κ2) is 6.96. The van der Waals surface area contributed by atoms with E-state index in [-0.39, 0.29) is 11.9 Å². The molecule has 1 aromatic carbocycles. The minimum Gasteiger partial charge on any atom is -0.492 e. The fourth-order valence-electron chi connectivity index (χ4n) is 2.36. The molecule has 1 aliphatic rings. The fourth-order valence-corrected chi connectivity index (χ4v) is 3.35. The quantitative estimate of drug-likeness (QED) is 0.798. The summed E-state index contributed by atoms with van der Waals surface area (Å²) in [6, 6.07) is 9.32. The van der Waals surface area contributed by atoms with Gasteiger partial charge in [0.25, 0.3) is 0 Å². The Morgan fingerprint density at radius 1 is 1.39 bits per heavy atom. The van der Waals surface area contributed by atoms with Crippen molar-refractivity contribution in [1.82, 2.24) is 4.98 Å². The molecule has 0 saturated carbocycles. The molecule has 1 aliphatic heterocycles. The van der Waals surface area contributed by atoms with Gasteiger partial charge in [0.05, 0.1) is 6.26 Å². The SMILES string of the molecule is CC(C)CNc1nc(C2CC=CO2)c(C(=O)c2ccccc2)s1. The van der Waals surface area contributed by atoms with E-state index in [9.17, 15) is 4.79 Å². The highest BCUT2D eigenvalue weighted by Crippen LogP contribution is 2.35. The number of benzene rings is 1. The van der Waals surface area contributed by atoms with Gasteiger partial charge in [-0.1, -0.05) is 55.5 Å². The molecule has 0 fully saturated rings. The maximum absolute atomic E-state index is 12.8. The number of nitrogens with one attached hydrogen (secondary N) is 1. The van der Waals surface area contributed by atoms with E-state index >= 15 is 0 Å². The maximum atomic E-state index is 12.8. The molecule has 3 rings (SSSR count). The van der Waals surface area contributed by atoms with E-state index in [1.165, 1.54) is 11.3 Å². The molecule has 1 unspecified atom stereocenters. The Kier molecular flexibility index (Phi) is 4.76. The molecule has 5 heteroatoms. The Balaban J connectivity index is 1.91. The summed E-state index contributed by atoms with van der Waals surface area (Å²) >= 11 is 1.41. The van der Waals surface area contributed by atoms with Crippen LogP contribution in [-0.4, -0.2) is 17.3 Å². The molecule has 0 spiro atoms. The number of thiazole rings is 1. The number of carbonyl (C=O) groups is 1. The van der Waals surface area contributed by atoms with Gasteiger partial charge in [0.1, 0.15) is 16.7 Å². The second-order valence-electron chi connectivity index (χ2n) is 5.94. The Hall–Kier alpha value is -2.14. The molecule has 0 radical (unpaired) electrons. The zero-order valence-corrected chi connectivity index (χ0v) is 14.1. The highest BCUT2D eigenvalue weighted by molar-refractivity contribution is 7.17. The normalized spacial score (nSPS) is 16.6. The largest absolute Gasteiger partial charge is 0.492 e. The van der Waals surface area contributed by atoms with Gasteiger partial charge in [-0.15, -0.1) is 0 Å². The number of nitrogens with zero attached hydrogens (tertiary/aromatic N) is 1. The number of carbonyl (C=O) groups excluding carboxylic acids is 1. The Bertz CT molecular complexity index is 699. The molecule has 23 heavy (non-hydrogen) atoms. The topological polar surface area (TPSA) is 51.2 Å². The lowest BCUT2D eigenvalue weighted by Gasteiger charge is -2.09. The van der Waals surface area contributed by atoms with Crippen LogP contribution in [0.2, 0.25) is 0 Å². The Labute approximate surface area is 140 Å². The first-order valence-electron chi connectivity index (χ1n) is 7.80. The van der Waals surface area contributed by atoms with Crippen LogP contribution in [0.1, 0.15) is 47.3 Å². The van der Waals surface area contributed by atoms with Crippen LogP contribution >= 0.6 is 11.3 Å². The van der Waals surface area contributed by atoms with Crippen molar-refractivity contribution in [3.05, 3.63) is 58.8 Å². The van der Waals surface area contributed by atoms with Gasteiger partial charge in [-0.05, 0) is 12.0 Å². The van der Waals surface area contributed by atoms with Crippen molar-refractivity contribution in [3.8, 4) is 0 Å². The van der Waals surface area contributed by atoms with E-state index in [4.69, 9.17) is 4.74 Å². The number of anilines is 1. The smallest absolute Gasteiger partial charge is 0.205 e. The zero-order valence-electron chi connectivity index (χ0n) is 13.3. The van der Waals surface area contributed by atoms with Crippen LogP contribution in [0.15, 0.2) is 42.7 Å². The number of hydrogen-bond acceptors (Lipinski definition) is 5. The first kappa shape index (κ1) is 15.7. The fraction of sp³-hybridized carbons (Fsp3) is 0.333. The lowest BCUT2D eigenvalue weighted by molar-refractivity contribution is 0.103. The molecule has 4 nitrogen and oxygen atoms in total. The van der Waals surface area contributed by atoms with Gasteiger partial charge in [0, 0.05) is 18.5 Å². The summed E-state index contributed by atoms with van der Waals surface area (Å²) in [7, 11) is 0. The maximum Gasteiger partial charge on any atom is 0.205 e. The van der Waals surface area contributed by atoms with Crippen molar-refractivity contribution in [1.29, 1.82) is 0 Å². The summed E-state index contributed by atoms with van der Waals surface area (Å²) in [6.07, 6.45) is 4.23. The first-order chi connectivity index (χ1) is 11.1. The summed E-state index contributed by atoms with van der Waals surface area (Å²) in [5.74, 6) is 0.520. The number of rotatable bonds is 6. The molecule has 1 N–H and O–H groups in total. The molecule has 0 amide bonds. The third-order valence-electron chi connectivity index (χ3n) is 3.55. The first-order valence-corrected chi connectivity index (χ1v) is 8.61. The van der Waals surface area contributed by atoms with Gasteiger partial charge in [0.2, 0.25) is 5.78 Å². The lowest BCUT2D eigenvalue weighted by atomic mass is 10.1. The van der Waals surface area contributed by atoms with Gasteiger partial charge in [-0.3, -0.25) is 4.79 Å². The molecular formula is C18H20N2O2S. The lowest BCUT2D eigenvalue weighted by Crippen LogP contribution is -2.08. The molecule has 0 bridgehead atoms. The number of ether oxygens (including phenoxy) is 1. The van der Waals surface area contributed by atoms with E-state index in [2.05, 4.69) is 24.1 Å². The van der Waals surface area contributed by atoms with E-state index in [1.807, 2.05) is 36.4 Å². The van der Waals surface area contributed by atoms with Gasteiger partial charge >= 0.3 is 0 Å². The summed E-state index contributed by atoms with van der Waals surface area (Å²) in [5.41, 5.74) is 1.42. The molecule has 1 aromatic heterocycles. The summed E-state index contributed by atoms with van der Waals surface area (Å²) < 4.78 is 5.59. The number of aromatic nitrogens is 1. The average molecular weight is 328 g/mol. The van der Waals surface area contributed by atoms with Crippen molar-refractivity contribution < 1.29 is 9.53 Å². The van der Waals surface area contributed by atoms with Crippen molar-refractivity contribution in [3.63, 3.8) is 0 Å². The van der Waals surface area contributed by atoms with Crippen molar-refractivity contribution >= 4 is 22.3 Å². The predicted molar refractivity (Wildman–Crippen MR) is 92.9 cm³/mol. The third-order valence-corrected chi connectivity index (χ3v) is 4.58. The minimum absolute atomic E-state index is 0.00574.